The van der Waals surface area contributed by atoms with Crippen LogP contribution in [0.15, 0.2) is 64.6 Å². The molecule has 8 heteroatoms. The Morgan fingerprint density at radius 1 is 1.19 bits per heavy atom. The molecule has 0 aliphatic rings. The number of amides is 1. The molecular formula is C24H19ClN2O5. The maximum absolute atomic E-state index is 12.6. The molecule has 162 valence electrons. The molecule has 0 saturated heterocycles. The molecule has 1 heterocycles. The average molecular weight is 451 g/mol. The molecule has 0 radical (unpaired) electrons. The van der Waals surface area contributed by atoms with Gasteiger partial charge in [-0.3, -0.25) is 4.79 Å². The molecule has 0 fully saturated rings. The molecular weight excluding hydrogens is 432 g/mol. The number of furan rings is 1. The highest BCUT2D eigenvalue weighted by Crippen LogP contribution is 2.28. The van der Waals surface area contributed by atoms with Crippen molar-refractivity contribution in [2.45, 2.75) is 20.0 Å². The number of ether oxygens (including phenoxy) is 1. The molecule has 3 aromatic rings. The summed E-state index contributed by atoms with van der Waals surface area (Å²) in [6.45, 7) is 3.79. The van der Waals surface area contributed by atoms with E-state index in [9.17, 15) is 20.0 Å². The fourth-order valence-corrected chi connectivity index (χ4v) is 3.03. The quantitative estimate of drug-likeness (QED) is 0.356. The van der Waals surface area contributed by atoms with Gasteiger partial charge in [-0.2, -0.15) is 5.26 Å². The van der Waals surface area contributed by atoms with Crippen LogP contribution in [0.3, 0.4) is 0 Å². The molecule has 0 unspecified atom stereocenters. The third kappa shape index (κ3) is 5.56. The van der Waals surface area contributed by atoms with Crippen molar-refractivity contribution in [3.63, 3.8) is 0 Å². The Morgan fingerprint density at radius 2 is 1.97 bits per heavy atom. The molecule has 1 aromatic heterocycles. The van der Waals surface area contributed by atoms with Crippen molar-refractivity contribution >= 4 is 35.2 Å². The maximum Gasteiger partial charge on any atom is 0.337 e. The zero-order valence-electron chi connectivity index (χ0n) is 17.3. The number of anilines is 1. The molecule has 0 saturated carbocycles. The smallest absolute Gasteiger partial charge is 0.337 e. The van der Waals surface area contributed by atoms with Crippen molar-refractivity contribution < 1.29 is 23.8 Å². The van der Waals surface area contributed by atoms with E-state index in [1.165, 1.54) is 18.2 Å². The van der Waals surface area contributed by atoms with Gasteiger partial charge in [-0.1, -0.05) is 17.7 Å². The number of benzene rings is 2. The number of carboxylic acids is 1. The van der Waals surface area contributed by atoms with E-state index < -0.39 is 11.9 Å². The van der Waals surface area contributed by atoms with Gasteiger partial charge in [-0.15, -0.1) is 0 Å². The minimum Gasteiger partial charge on any atom is -0.491 e. The van der Waals surface area contributed by atoms with E-state index in [-0.39, 0.29) is 28.0 Å². The number of nitrogens with one attached hydrogen (secondary N) is 1. The summed E-state index contributed by atoms with van der Waals surface area (Å²) in [6, 6.07) is 16.4. The summed E-state index contributed by atoms with van der Waals surface area (Å²) in [5, 5.41) is 21.4. The number of aromatic carboxylic acids is 1. The number of rotatable bonds is 7. The minimum atomic E-state index is -1.16. The van der Waals surface area contributed by atoms with Gasteiger partial charge in [0, 0.05) is 23.4 Å². The maximum atomic E-state index is 12.6. The number of hydrogen-bond acceptors (Lipinski definition) is 5. The van der Waals surface area contributed by atoms with Gasteiger partial charge >= 0.3 is 5.97 Å². The highest BCUT2D eigenvalue weighted by atomic mass is 35.5. The van der Waals surface area contributed by atoms with Gasteiger partial charge in [-0.25, -0.2) is 4.79 Å². The van der Waals surface area contributed by atoms with Crippen LogP contribution < -0.4 is 10.1 Å². The minimum absolute atomic E-state index is 0.0177. The second-order valence-electron chi connectivity index (χ2n) is 7.02. The van der Waals surface area contributed by atoms with Crippen LogP contribution in [0.1, 0.15) is 30.0 Å². The van der Waals surface area contributed by atoms with Gasteiger partial charge in [0.25, 0.3) is 5.91 Å². The molecule has 1 amide bonds. The summed E-state index contributed by atoms with van der Waals surface area (Å²) in [7, 11) is 0. The van der Waals surface area contributed by atoms with Crippen LogP contribution in [0.2, 0.25) is 5.02 Å². The molecule has 0 bridgehead atoms. The van der Waals surface area contributed by atoms with Crippen molar-refractivity contribution in [1.82, 2.24) is 0 Å². The van der Waals surface area contributed by atoms with Crippen LogP contribution in [0, 0.1) is 11.3 Å². The summed E-state index contributed by atoms with van der Waals surface area (Å²) in [4.78, 5) is 23.8. The first-order valence-electron chi connectivity index (χ1n) is 9.59. The lowest BCUT2D eigenvalue weighted by Crippen LogP contribution is -2.13. The monoisotopic (exact) mass is 450 g/mol. The summed E-state index contributed by atoms with van der Waals surface area (Å²) in [5.74, 6) is -0.539. The Morgan fingerprint density at radius 3 is 2.66 bits per heavy atom. The first kappa shape index (κ1) is 22.7. The number of halogens is 1. The first-order chi connectivity index (χ1) is 15.3. The van der Waals surface area contributed by atoms with Crippen molar-refractivity contribution in [2.75, 3.05) is 5.32 Å². The van der Waals surface area contributed by atoms with E-state index >= 15 is 0 Å². The van der Waals surface area contributed by atoms with E-state index in [1.54, 1.807) is 42.5 Å². The number of nitriles is 1. The van der Waals surface area contributed by atoms with Crippen LogP contribution in [0.25, 0.3) is 17.4 Å². The van der Waals surface area contributed by atoms with Crippen LogP contribution >= 0.6 is 11.6 Å². The standard InChI is InChI=1S/C24H19ClN2O5/c1-14(2)31-18-5-3-4-17(12-18)27-23(28)16(13-26)10-19-7-9-22(32-19)15-6-8-21(25)20(11-15)24(29)30/h3-12,14H,1-2H3,(H,27,28)(H,29,30)/b16-10+. The SMILES string of the molecule is CC(C)Oc1cccc(NC(=O)/C(C#N)=C/c2ccc(-c3ccc(Cl)c(C(=O)O)c3)o2)c1. The molecule has 0 spiro atoms. The highest BCUT2D eigenvalue weighted by Gasteiger charge is 2.14. The summed E-state index contributed by atoms with van der Waals surface area (Å²) in [6.07, 6.45) is 1.29. The summed E-state index contributed by atoms with van der Waals surface area (Å²) < 4.78 is 11.3. The first-order valence-corrected chi connectivity index (χ1v) is 9.97. The Hall–Kier alpha value is -4.02. The van der Waals surface area contributed by atoms with Gasteiger partial charge in [0.1, 0.15) is 28.9 Å². The van der Waals surface area contributed by atoms with E-state index in [4.69, 9.17) is 20.8 Å². The van der Waals surface area contributed by atoms with E-state index in [1.807, 2.05) is 19.9 Å². The molecule has 2 N–H and O–H groups in total. The molecule has 0 aliphatic carbocycles. The lowest BCUT2D eigenvalue weighted by Gasteiger charge is -2.11. The average Bonchev–Trinajstić information content (AvgIpc) is 3.20. The number of nitrogens with zero attached hydrogens (tertiary/aromatic N) is 1. The normalized spacial score (nSPS) is 11.2. The number of hydrogen-bond donors (Lipinski definition) is 2. The highest BCUT2D eigenvalue weighted by molar-refractivity contribution is 6.33. The third-order valence-electron chi connectivity index (χ3n) is 4.22. The Labute approximate surface area is 189 Å². The van der Waals surface area contributed by atoms with Gasteiger partial charge in [0.2, 0.25) is 0 Å². The topological polar surface area (TPSA) is 113 Å². The third-order valence-corrected chi connectivity index (χ3v) is 4.55. The Balaban J connectivity index is 1.80. The zero-order valence-corrected chi connectivity index (χ0v) is 18.0. The van der Waals surface area contributed by atoms with Gasteiger partial charge in [0.05, 0.1) is 16.7 Å². The summed E-state index contributed by atoms with van der Waals surface area (Å²) in [5.41, 5.74) is 0.759. The second kappa shape index (κ2) is 9.86. The fraction of sp³-hybridized carbons (Fsp3) is 0.125. The predicted octanol–water partition coefficient (Wildman–Crippen LogP) is 5.63. The lowest BCUT2D eigenvalue weighted by molar-refractivity contribution is -0.112. The van der Waals surface area contributed by atoms with Gasteiger partial charge in [0.15, 0.2) is 0 Å². The zero-order chi connectivity index (χ0) is 23.3. The van der Waals surface area contributed by atoms with E-state index in [0.717, 1.165) is 0 Å². The predicted molar refractivity (Wildman–Crippen MR) is 121 cm³/mol. The molecule has 0 aliphatic heterocycles. The molecule has 3 rings (SSSR count). The van der Waals surface area contributed by atoms with Crippen LogP contribution in [0.5, 0.6) is 5.75 Å². The van der Waals surface area contributed by atoms with Crippen molar-refractivity contribution in [3.05, 3.63) is 76.5 Å². The Kier molecular flexibility index (Phi) is 6.98. The molecule has 2 aromatic carbocycles. The molecule has 32 heavy (non-hydrogen) atoms. The van der Waals surface area contributed by atoms with Crippen molar-refractivity contribution in [3.8, 4) is 23.1 Å². The number of carbonyl (C=O) groups is 2. The van der Waals surface area contributed by atoms with Gasteiger partial charge < -0.3 is 19.6 Å². The number of carbonyl (C=O) groups excluding carboxylic acids is 1. The number of carboxylic acid groups (broad SMARTS) is 1. The van der Waals surface area contributed by atoms with Crippen LogP contribution in [0.4, 0.5) is 5.69 Å². The fourth-order valence-electron chi connectivity index (χ4n) is 2.84. The van der Waals surface area contributed by atoms with Crippen molar-refractivity contribution in [1.29, 1.82) is 5.26 Å². The largest absolute Gasteiger partial charge is 0.491 e. The van der Waals surface area contributed by atoms with Crippen molar-refractivity contribution in [2.24, 2.45) is 0 Å². The molecule has 0 atom stereocenters. The summed E-state index contributed by atoms with van der Waals surface area (Å²) >= 11 is 5.90. The second-order valence-corrected chi connectivity index (χ2v) is 7.43. The molecule has 7 nitrogen and oxygen atoms in total. The van der Waals surface area contributed by atoms with Gasteiger partial charge in [-0.05, 0) is 56.3 Å². The van der Waals surface area contributed by atoms with Crippen LogP contribution in [-0.4, -0.2) is 23.1 Å². The van der Waals surface area contributed by atoms with E-state index in [2.05, 4.69) is 5.32 Å². The van der Waals surface area contributed by atoms with Crippen LogP contribution in [-0.2, 0) is 4.79 Å². The lowest BCUT2D eigenvalue weighted by atomic mass is 10.1. The van der Waals surface area contributed by atoms with E-state index in [0.29, 0.717) is 22.8 Å². The Bertz CT molecular complexity index is 1240.